The van der Waals surface area contributed by atoms with Crippen LogP contribution in [0.2, 0.25) is 0 Å². The van der Waals surface area contributed by atoms with Crippen LogP contribution in [-0.2, 0) is 4.79 Å². The molecule has 0 saturated carbocycles. The molecule has 0 radical (unpaired) electrons. The molecule has 2 aromatic carbocycles. The zero-order valence-electron chi connectivity index (χ0n) is 20.2. The van der Waals surface area contributed by atoms with Crippen LogP contribution in [0, 0.1) is 22.9 Å². The summed E-state index contributed by atoms with van der Waals surface area (Å²) >= 11 is 5.76. The molecule has 3 rings (SSSR count). The van der Waals surface area contributed by atoms with Crippen LogP contribution in [-0.4, -0.2) is 28.1 Å². The Hall–Kier alpha value is -4.38. The molecule has 1 heterocycles. The molecule has 194 valence electrons. The Morgan fingerprint density at radius 3 is 2.35 bits per heavy atom. The molecule has 37 heavy (non-hydrogen) atoms. The molecule has 0 unspecified atom stereocenters. The predicted molar refractivity (Wildman–Crippen MR) is 142 cm³/mol. The van der Waals surface area contributed by atoms with Crippen molar-refractivity contribution in [2.75, 3.05) is 23.0 Å². The van der Waals surface area contributed by atoms with E-state index in [4.69, 9.17) is 17.0 Å². The number of allylic oxidation sites excluding steroid dienone is 1. The molecule has 5 N–H and O–H groups in total. The van der Waals surface area contributed by atoms with Crippen molar-refractivity contribution in [2.45, 2.75) is 13.8 Å². The van der Waals surface area contributed by atoms with Crippen LogP contribution < -0.4 is 21.3 Å². The largest absolute Gasteiger partial charge is 0.392 e. The SMILES string of the molecule is C=CC(=O)Nc1ccc(F)c(Nc2nc(N/C(=C/NC)C(=N)Cl)ncc2-c2cc(F)cc(F)c2)c1.CC. The molecule has 0 aliphatic rings. The van der Waals surface area contributed by atoms with Crippen molar-refractivity contribution < 1.29 is 18.0 Å². The third-order valence-electron chi connectivity index (χ3n) is 4.41. The first kappa shape index (κ1) is 28.9. The number of benzene rings is 2. The number of hydrogen-bond donors (Lipinski definition) is 5. The highest BCUT2D eigenvalue weighted by atomic mass is 35.5. The van der Waals surface area contributed by atoms with Crippen molar-refractivity contribution >= 4 is 45.8 Å². The summed E-state index contributed by atoms with van der Waals surface area (Å²) in [5.41, 5.74) is 0.535. The normalized spacial score (nSPS) is 10.5. The molecule has 8 nitrogen and oxygen atoms in total. The minimum absolute atomic E-state index is 0.0245. The van der Waals surface area contributed by atoms with Gasteiger partial charge >= 0.3 is 0 Å². The molecule has 0 aliphatic heterocycles. The van der Waals surface area contributed by atoms with E-state index in [1.54, 1.807) is 7.05 Å². The van der Waals surface area contributed by atoms with Gasteiger partial charge < -0.3 is 21.3 Å². The molecular formula is C25H25ClF3N7O. The Labute approximate surface area is 217 Å². The monoisotopic (exact) mass is 531 g/mol. The topological polar surface area (TPSA) is 115 Å². The first-order valence-electron chi connectivity index (χ1n) is 10.9. The van der Waals surface area contributed by atoms with Crippen molar-refractivity contribution in [2.24, 2.45) is 0 Å². The fourth-order valence-electron chi connectivity index (χ4n) is 2.90. The fourth-order valence-corrected chi connectivity index (χ4v) is 3.00. The van der Waals surface area contributed by atoms with Gasteiger partial charge in [0.25, 0.3) is 0 Å². The Balaban J connectivity index is 0.00000235. The van der Waals surface area contributed by atoms with Gasteiger partial charge in [-0.25, -0.2) is 18.2 Å². The van der Waals surface area contributed by atoms with Gasteiger partial charge in [0.1, 0.15) is 28.4 Å². The second kappa shape index (κ2) is 13.6. The lowest BCUT2D eigenvalue weighted by Crippen LogP contribution is -2.13. The minimum Gasteiger partial charge on any atom is -0.392 e. The average Bonchev–Trinajstić information content (AvgIpc) is 2.86. The van der Waals surface area contributed by atoms with E-state index in [9.17, 15) is 18.0 Å². The Bertz CT molecular complexity index is 1310. The van der Waals surface area contributed by atoms with Crippen LogP contribution in [0.3, 0.4) is 0 Å². The van der Waals surface area contributed by atoms with Gasteiger partial charge in [-0.2, -0.15) is 4.98 Å². The Kier molecular flexibility index (Phi) is 10.6. The fraction of sp³-hybridized carbons (Fsp3) is 0.120. The van der Waals surface area contributed by atoms with Crippen molar-refractivity contribution in [3.63, 3.8) is 0 Å². The molecule has 0 fully saturated rings. The van der Waals surface area contributed by atoms with Crippen LogP contribution in [0.1, 0.15) is 13.8 Å². The number of rotatable bonds is 9. The summed E-state index contributed by atoms with van der Waals surface area (Å²) in [6.45, 7) is 7.36. The van der Waals surface area contributed by atoms with E-state index in [0.717, 1.165) is 24.3 Å². The average molecular weight is 532 g/mol. The second-order valence-corrected chi connectivity index (χ2v) is 7.29. The van der Waals surface area contributed by atoms with Gasteiger partial charge in [-0.15, -0.1) is 0 Å². The third kappa shape index (κ3) is 8.07. The highest BCUT2D eigenvalue weighted by Crippen LogP contribution is 2.32. The summed E-state index contributed by atoms with van der Waals surface area (Å²) < 4.78 is 42.4. The lowest BCUT2D eigenvalue weighted by molar-refractivity contribution is -0.111. The predicted octanol–water partition coefficient (Wildman–Crippen LogP) is 6.14. The number of amides is 1. The molecule has 0 saturated heterocycles. The van der Waals surface area contributed by atoms with Crippen molar-refractivity contribution in [1.82, 2.24) is 15.3 Å². The number of nitrogens with zero attached hydrogens (tertiary/aromatic N) is 2. The smallest absolute Gasteiger partial charge is 0.247 e. The molecule has 1 aromatic heterocycles. The highest BCUT2D eigenvalue weighted by molar-refractivity contribution is 6.68. The van der Waals surface area contributed by atoms with E-state index in [1.807, 2.05) is 13.8 Å². The zero-order valence-corrected chi connectivity index (χ0v) is 21.0. The Morgan fingerprint density at radius 1 is 1.08 bits per heavy atom. The van der Waals surface area contributed by atoms with E-state index in [-0.39, 0.29) is 45.1 Å². The van der Waals surface area contributed by atoms with E-state index in [2.05, 4.69) is 37.8 Å². The summed E-state index contributed by atoms with van der Waals surface area (Å²) in [7, 11) is 1.60. The number of carbonyl (C=O) groups is 1. The van der Waals surface area contributed by atoms with Gasteiger partial charge in [0, 0.05) is 36.8 Å². The van der Waals surface area contributed by atoms with Gasteiger partial charge in [0.05, 0.1) is 11.4 Å². The number of anilines is 4. The van der Waals surface area contributed by atoms with E-state index in [0.29, 0.717) is 6.07 Å². The van der Waals surface area contributed by atoms with Crippen molar-refractivity contribution in [3.8, 4) is 11.1 Å². The quantitative estimate of drug-likeness (QED) is 0.167. The number of aromatic nitrogens is 2. The molecule has 0 atom stereocenters. The van der Waals surface area contributed by atoms with Gasteiger partial charge in [-0.1, -0.05) is 32.0 Å². The maximum absolute atomic E-state index is 14.6. The minimum atomic E-state index is -0.830. The highest BCUT2D eigenvalue weighted by Gasteiger charge is 2.16. The number of hydrogen-bond acceptors (Lipinski definition) is 7. The Morgan fingerprint density at radius 2 is 1.76 bits per heavy atom. The number of nitrogens with one attached hydrogen (secondary N) is 5. The van der Waals surface area contributed by atoms with Gasteiger partial charge in [0.15, 0.2) is 0 Å². The van der Waals surface area contributed by atoms with Crippen LogP contribution in [0.4, 0.5) is 36.3 Å². The molecule has 1 amide bonds. The van der Waals surface area contributed by atoms with E-state index < -0.39 is 23.4 Å². The maximum Gasteiger partial charge on any atom is 0.247 e. The number of halogens is 4. The molecule has 0 spiro atoms. The lowest BCUT2D eigenvalue weighted by atomic mass is 10.1. The van der Waals surface area contributed by atoms with Gasteiger partial charge in [-0.3, -0.25) is 10.2 Å². The standard InChI is InChI=1S/C23H19ClF3N7O.C2H6/c1-3-20(35)31-15-4-5-17(27)18(9-15)32-22-16(12-6-13(25)8-14(26)7-12)10-30-23(34-22)33-19(11-29-2)21(24)28;1-2/h3-11,28-29H,1H2,2H3,(H,31,35)(H2,30,32,33,34);1-2H3/b19-11+,28-21?;. The summed E-state index contributed by atoms with van der Waals surface area (Å²) in [6, 6.07) is 6.61. The molecular weight excluding hydrogens is 507 g/mol. The number of carbonyl (C=O) groups excluding carboxylic acids is 1. The first-order chi connectivity index (χ1) is 17.7. The van der Waals surface area contributed by atoms with Crippen LogP contribution in [0.15, 0.2) is 67.1 Å². The molecule has 0 bridgehead atoms. The van der Waals surface area contributed by atoms with Crippen molar-refractivity contribution in [3.05, 3.63) is 84.6 Å². The summed E-state index contributed by atoms with van der Waals surface area (Å²) in [5, 5.41) is 18.0. The molecule has 0 aliphatic carbocycles. The summed E-state index contributed by atoms with van der Waals surface area (Å²) in [5.74, 6) is -2.92. The zero-order chi connectivity index (χ0) is 27.5. The van der Waals surface area contributed by atoms with Crippen LogP contribution >= 0.6 is 11.6 Å². The summed E-state index contributed by atoms with van der Waals surface area (Å²) in [4.78, 5) is 20.0. The lowest BCUT2D eigenvalue weighted by Gasteiger charge is -2.15. The van der Waals surface area contributed by atoms with Gasteiger partial charge in [-0.05, 0) is 42.0 Å². The molecule has 3 aromatic rings. The van der Waals surface area contributed by atoms with Crippen molar-refractivity contribution in [1.29, 1.82) is 5.41 Å². The molecule has 12 heteroatoms. The third-order valence-corrected chi connectivity index (χ3v) is 4.61. The van der Waals surface area contributed by atoms with Crippen LogP contribution in [0.25, 0.3) is 11.1 Å². The second-order valence-electron chi connectivity index (χ2n) is 6.91. The van der Waals surface area contributed by atoms with E-state index in [1.165, 1.54) is 24.5 Å². The summed E-state index contributed by atoms with van der Waals surface area (Å²) in [6.07, 6.45) is 3.72. The first-order valence-corrected chi connectivity index (χ1v) is 11.3. The van der Waals surface area contributed by atoms with Gasteiger partial charge in [0.2, 0.25) is 11.9 Å². The van der Waals surface area contributed by atoms with E-state index >= 15 is 0 Å². The maximum atomic E-state index is 14.6. The van der Waals surface area contributed by atoms with Crippen LogP contribution in [0.5, 0.6) is 0 Å².